The van der Waals surface area contributed by atoms with Crippen molar-refractivity contribution >= 4 is 46.8 Å². The van der Waals surface area contributed by atoms with Crippen molar-refractivity contribution in [3.8, 4) is 0 Å². The second-order valence-electron chi connectivity index (χ2n) is 5.91. The molecule has 1 aliphatic heterocycles. The fraction of sp³-hybridized carbons (Fsp3) is 0.211. The van der Waals surface area contributed by atoms with Gasteiger partial charge in [-0.3, -0.25) is 14.4 Å². The number of rotatable bonds is 5. The van der Waals surface area contributed by atoms with E-state index < -0.39 is 5.97 Å². The molecular weight excluding hydrogens is 388 g/mol. The predicted molar refractivity (Wildman–Crippen MR) is 104 cm³/mol. The molecule has 2 aromatic carbocycles. The maximum atomic E-state index is 13.0. The van der Waals surface area contributed by atoms with Crippen LogP contribution in [0.5, 0.6) is 0 Å². The highest BCUT2D eigenvalue weighted by Gasteiger charge is 2.22. The van der Waals surface area contributed by atoms with Gasteiger partial charge in [-0.1, -0.05) is 23.7 Å². The Morgan fingerprint density at radius 3 is 2.67 bits per heavy atom. The van der Waals surface area contributed by atoms with Gasteiger partial charge in [-0.15, -0.1) is 11.8 Å². The summed E-state index contributed by atoms with van der Waals surface area (Å²) in [7, 11) is 1.28. The van der Waals surface area contributed by atoms with Gasteiger partial charge in [0.25, 0.3) is 5.91 Å². The first kappa shape index (κ1) is 19.3. The van der Waals surface area contributed by atoms with Gasteiger partial charge in [0.05, 0.1) is 18.6 Å². The van der Waals surface area contributed by atoms with Gasteiger partial charge in [-0.25, -0.2) is 0 Å². The van der Waals surface area contributed by atoms with Crippen LogP contribution in [0.1, 0.15) is 15.9 Å². The number of amides is 2. The lowest BCUT2D eigenvalue weighted by atomic mass is 10.1. The van der Waals surface area contributed by atoms with Gasteiger partial charge in [0.2, 0.25) is 5.91 Å². The zero-order valence-corrected chi connectivity index (χ0v) is 16.1. The third-order valence-electron chi connectivity index (χ3n) is 3.98. The number of halogens is 1. The topological polar surface area (TPSA) is 75.7 Å². The average molecular weight is 405 g/mol. The van der Waals surface area contributed by atoms with Crippen molar-refractivity contribution < 1.29 is 19.1 Å². The van der Waals surface area contributed by atoms with Gasteiger partial charge in [-0.05, 0) is 35.9 Å². The molecule has 1 N–H and O–H groups in total. The zero-order valence-electron chi connectivity index (χ0n) is 14.5. The van der Waals surface area contributed by atoms with Crippen LogP contribution < -0.4 is 5.32 Å². The molecule has 1 aliphatic rings. The van der Waals surface area contributed by atoms with E-state index in [2.05, 4.69) is 5.32 Å². The van der Waals surface area contributed by atoms with Crippen LogP contribution >= 0.6 is 23.4 Å². The molecule has 0 fully saturated rings. The standard InChI is InChI=1S/C19H17ClN2O4S/c1-26-18(24)10-22(9-12-2-5-14(20)6-3-12)19(25)13-4-7-16-15(8-13)21-17(23)11-27-16/h2-8H,9-11H2,1H3,(H,21,23). The average Bonchev–Trinajstić information content (AvgIpc) is 2.67. The molecule has 3 rings (SSSR count). The molecule has 140 valence electrons. The number of fused-ring (bicyclic) bond motifs is 1. The summed E-state index contributed by atoms with van der Waals surface area (Å²) in [5, 5.41) is 3.36. The fourth-order valence-electron chi connectivity index (χ4n) is 2.63. The largest absolute Gasteiger partial charge is 0.468 e. The number of nitrogens with one attached hydrogen (secondary N) is 1. The summed E-state index contributed by atoms with van der Waals surface area (Å²) in [6.07, 6.45) is 0. The van der Waals surface area contributed by atoms with Crippen LogP contribution in [0.15, 0.2) is 47.4 Å². The smallest absolute Gasteiger partial charge is 0.325 e. The van der Waals surface area contributed by atoms with Crippen LogP contribution in [-0.4, -0.2) is 42.1 Å². The summed E-state index contributed by atoms with van der Waals surface area (Å²) in [5.41, 5.74) is 1.82. The fourth-order valence-corrected chi connectivity index (χ4v) is 3.54. The molecule has 1 heterocycles. The van der Waals surface area contributed by atoms with Crippen molar-refractivity contribution in [1.82, 2.24) is 4.90 Å². The Morgan fingerprint density at radius 2 is 1.96 bits per heavy atom. The first-order chi connectivity index (χ1) is 13.0. The Morgan fingerprint density at radius 1 is 1.22 bits per heavy atom. The van der Waals surface area contributed by atoms with Crippen molar-refractivity contribution in [1.29, 1.82) is 0 Å². The number of anilines is 1. The van der Waals surface area contributed by atoms with Crippen LogP contribution in [0.4, 0.5) is 5.69 Å². The summed E-state index contributed by atoms with van der Waals surface area (Å²) >= 11 is 7.32. The lowest BCUT2D eigenvalue weighted by Crippen LogP contribution is -2.36. The molecule has 0 aromatic heterocycles. The van der Waals surface area contributed by atoms with Gasteiger partial charge < -0.3 is 15.0 Å². The lowest BCUT2D eigenvalue weighted by molar-refractivity contribution is -0.141. The Bertz CT molecular complexity index is 886. The van der Waals surface area contributed by atoms with Crippen LogP contribution in [0, 0.1) is 0 Å². The minimum Gasteiger partial charge on any atom is -0.468 e. The predicted octanol–water partition coefficient (Wildman–Crippen LogP) is 3.20. The first-order valence-corrected chi connectivity index (χ1v) is 9.50. The van der Waals surface area contributed by atoms with Crippen molar-refractivity contribution in [3.63, 3.8) is 0 Å². The molecule has 0 aliphatic carbocycles. The molecule has 27 heavy (non-hydrogen) atoms. The molecule has 8 heteroatoms. The van der Waals surface area contributed by atoms with Crippen LogP contribution in [0.3, 0.4) is 0 Å². The van der Waals surface area contributed by atoms with Gasteiger partial charge in [0.1, 0.15) is 6.54 Å². The molecule has 0 saturated heterocycles. The molecule has 0 spiro atoms. The SMILES string of the molecule is COC(=O)CN(Cc1ccc(Cl)cc1)C(=O)c1ccc2c(c1)NC(=O)CS2. The van der Waals surface area contributed by atoms with Crippen LogP contribution in [0.25, 0.3) is 0 Å². The number of methoxy groups -OCH3 is 1. The normalized spacial score (nSPS) is 12.7. The third kappa shape index (κ3) is 4.81. The number of hydrogen-bond donors (Lipinski definition) is 1. The summed E-state index contributed by atoms with van der Waals surface area (Å²) in [6.45, 7) is 0.0411. The number of ether oxygens (including phenoxy) is 1. The molecule has 2 aromatic rings. The minimum absolute atomic E-state index is 0.107. The van der Waals surface area contributed by atoms with Crippen molar-refractivity contribution in [2.75, 3.05) is 24.7 Å². The summed E-state index contributed by atoms with van der Waals surface area (Å²) < 4.78 is 4.71. The quantitative estimate of drug-likeness (QED) is 0.774. The summed E-state index contributed by atoms with van der Waals surface area (Å²) in [4.78, 5) is 38.7. The van der Waals surface area contributed by atoms with E-state index in [9.17, 15) is 14.4 Å². The minimum atomic E-state index is -0.515. The number of thioether (sulfide) groups is 1. The molecule has 2 amide bonds. The van der Waals surface area contributed by atoms with Crippen LogP contribution in [0.2, 0.25) is 5.02 Å². The van der Waals surface area contributed by atoms with E-state index in [1.54, 1.807) is 42.5 Å². The number of hydrogen-bond acceptors (Lipinski definition) is 5. The number of nitrogens with zero attached hydrogens (tertiary/aromatic N) is 1. The molecule has 6 nitrogen and oxygen atoms in total. The molecule has 0 radical (unpaired) electrons. The number of benzene rings is 2. The molecule has 0 atom stereocenters. The van der Waals surface area contributed by atoms with Gasteiger partial charge in [0, 0.05) is 22.0 Å². The highest BCUT2D eigenvalue weighted by molar-refractivity contribution is 8.00. The second kappa shape index (κ2) is 8.45. The summed E-state index contributed by atoms with van der Waals surface area (Å²) in [6, 6.07) is 12.2. The van der Waals surface area contributed by atoms with Crippen LogP contribution in [-0.2, 0) is 20.9 Å². The second-order valence-corrected chi connectivity index (χ2v) is 7.37. The highest BCUT2D eigenvalue weighted by Crippen LogP contribution is 2.32. The van der Waals surface area contributed by atoms with E-state index in [4.69, 9.17) is 16.3 Å². The molecule has 0 saturated carbocycles. The number of carbonyl (C=O) groups excluding carboxylic acids is 3. The monoisotopic (exact) mass is 404 g/mol. The van der Waals surface area contributed by atoms with Crippen molar-refractivity contribution in [3.05, 3.63) is 58.6 Å². The maximum Gasteiger partial charge on any atom is 0.325 e. The van der Waals surface area contributed by atoms with E-state index >= 15 is 0 Å². The number of esters is 1. The van der Waals surface area contributed by atoms with Gasteiger partial charge in [0.15, 0.2) is 0 Å². The van der Waals surface area contributed by atoms with E-state index in [0.29, 0.717) is 22.0 Å². The van der Waals surface area contributed by atoms with Crippen molar-refractivity contribution in [2.24, 2.45) is 0 Å². The maximum absolute atomic E-state index is 13.0. The molecule has 0 unspecified atom stereocenters. The molecule has 0 bridgehead atoms. The van der Waals surface area contributed by atoms with E-state index in [-0.39, 0.29) is 24.9 Å². The molecular formula is C19H17ClN2O4S. The van der Waals surface area contributed by atoms with Gasteiger partial charge >= 0.3 is 5.97 Å². The highest BCUT2D eigenvalue weighted by atomic mass is 35.5. The zero-order chi connectivity index (χ0) is 19.4. The van der Waals surface area contributed by atoms with E-state index in [1.807, 2.05) is 0 Å². The third-order valence-corrected chi connectivity index (χ3v) is 5.31. The van der Waals surface area contributed by atoms with E-state index in [1.165, 1.54) is 23.8 Å². The Labute approximate surface area is 165 Å². The van der Waals surface area contributed by atoms with Gasteiger partial charge in [-0.2, -0.15) is 0 Å². The van der Waals surface area contributed by atoms with E-state index in [0.717, 1.165) is 10.5 Å². The Hall–Kier alpha value is -2.51. The Balaban J connectivity index is 1.85. The number of carbonyl (C=O) groups is 3. The first-order valence-electron chi connectivity index (χ1n) is 8.13. The van der Waals surface area contributed by atoms with Crippen molar-refractivity contribution in [2.45, 2.75) is 11.4 Å². The lowest BCUT2D eigenvalue weighted by Gasteiger charge is -2.23. The Kier molecular flexibility index (Phi) is 6.03. The summed E-state index contributed by atoms with van der Waals surface area (Å²) in [5.74, 6) is -0.600.